The van der Waals surface area contributed by atoms with Gasteiger partial charge < -0.3 is 19.5 Å². The number of carbonyl (C=O) groups is 2. The van der Waals surface area contributed by atoms with Crippen LogP contribution in [0.4, 0.5) is 5.00 Å². The molecule has 0 aliphatic heterocycles. The maximum absolute atomic E-state index is 12.6. The normalized spacial score (nSPS) is 14.0. The van der Waals surface area contributed by atoms with Gasteiger partial charge in [0.1, 0.15) is 16.5 Å². The van der Waals surface area contributed by atoms with Crippen LogP contribution in [0, 0.1) is 0 Å². The van der Waals surface area contributed by atoms with Gasteiger partial charge in [-0.25, -0.2) is 4.79 Å². The predicted molar refractivity (Wildman–Crippen MR) is 104 cm³/mol. The number of anilines is 1. The molecule has 0 fully saturated rings. The molecule has 0 radical (unpaired) electrons. The fourth-order valence-electron chi connectivity index (χ4n) is 3.12. The van der Waals surface area contributed by atoms with Gasteiger partial charge in [0.05, 0.1) is 19.8 Å². The third kappa shape index (κ3) is 4.24. The van der Waals surface area contributed by atoms with E-state index in [1.54, 1.807) is 38.3 Å². The number of ether oxygens (including phenoxy) is 3. The van der Waals surface area contributed by atoms with Crippen LogP contribution in [0.2, 0.25) is 0 Å². The molecule has 6 nitrogen and oxygen atoms in total. The first-order valence-corrected chi connectivity index (χ1v) is 9.69. The molecule has 1 aliphatic rings. The number of nitrogens with one attached hydrogen (secondary N) is 1. The highest BCUT2D eigenvalue weighted by Crippen LogP contribution is 2.38. The lowest BCUT2D eigenvalue weighted by Gasteiger charge is -2.15. The average molecular weight is 389 g/mol. The molecule has 144 valence electrons. The van der Waals surface area contributed by atoms with Gasteiger partial charge in [0.15, 0.2) is 6.10 Å². The van der Waals surface area contributed by atoms with E-state index in [0.29, 0.717) is 22.1 Å². The molecule has 7 heteroatoms. The summed E-state index contributed by atoms with van der Waals surface area (Å²) in [7, 11) is 2.93. The van der Waals surface area contributed by atoms with Crippen molar-refractivity contribution in [1.82, 2.24) is 0 Å². The quantitative estimate of drug-likeness (QED) is 0.760. The fourth-order valence-corrected chi connectivity index (χ4v) is 4.40. The Morgan fingerprint density at radius 1 is 1.15 bits per heavy atom. The van der Waals surface area contributed by atoms with Crippen LogP contribution in [0.5, 0.6) is 11.5 Å². The van der Waals surface area contributed by atoms with Gasteiger partial charge in [0.25, 0.3) is 5.91 Å². The summed E-state index contributed by atoms with van der Waals surface area (Å²) in [6.45, 7) is 1.67. The van der Waals surface area contributed by atoms with Crippen LogP contribution in [0.3, 0.4) is 0 Å². The van der Waals surface area contributed by atoms with Crippen LogP contribution >= 0.6 is 11.3 Å². The lowest BCUT2D eigenvalue weighted by molar-refractivity contribution is -0.122. The minimum absolute atomic E-state index is 0.318. The number of fused-ring (bicyclic) bond motifs is 1. The van der Waals surface area contributed by atoms with Gasteiger partial charge in [-0.15, -0.1) is 11.3 Å². The van der Waals surface area contributed by atoms with Gasteiger partial charge in [-0.2, -0.15) is 0 Å². The second-order valence-electron chi connectivity index (χ2n) is 6.33. The summed E-state index contributed by atoms with van der Waals surface area (Å²) < 4.78 is 15.8. The monoisotopic (exact) mass is 389 g/mol. The lowest BCUT2D eigenvalue weighted by atomic mass is 9.95. The Hall–Kier alpha value is -2.54. The van der Waals surface area contributed by atoms with E-state index in [1.165, 1.54) is 18.4 Å². The van der Waals surface area contributed by atoms with Crippen LogP contribution < -0.4 is 14.8 Å². The molecule has 0 saturated heterocycles. The zero-order chi connectivity index (χ0) is 19.4. The molecule has 2 aromatic rings. The third-order valence-electron chi connectivity index (χ3n) is 4.52. The van der Waals surface area contributed by atoms with Gasteiger partial charge in [0.2, 0.25) is 0 Å². The lowest BCUT2D eigenvalue weighted by Crippen LogP contribution is -2.30. The molecule has 1 N–H and O–H groups in total. The molecule has 0 bridgehead atoms. The highest BCUT2D eigenvalue weighted by Gasteiger charge is 2.28. The van der Waals surface area contributed by atoms with E-state index < -0.39 is 12.1 Å². The van der Waals surface area contributed by atoms with Crippen LogP contribution in [0.1, 0.15) is 40.6 Å². The molecule has 1 amide bonds. The zero-order valence-corrected chi connectivity index (χ0v) is 16.5. The number of carbonyl (C=O) groups excluding carboxylic acids is 2. The van der Waals surface area contributed by atoms with Gasteiger partial charge in [-0.05, 0) is 50.3 Å². The van der Waals surface area contributed by atoms with Crippen LogP contribution in [0.25, 0.3) is 0 Å². The molecule has 0 unspecified atom stereocenters. The van der Waals surface area contributed by atoms with Gasteiger partial charge in [-0.1, -0.05) is 6.07 Å². The van der Waals surface area contributed by atoms with Crippen molar-refractivity contribution in [2.24, 2.45) is 0 Å². The first kappa shape index (κ1) is 19.2. The summed E-state index contributed by atoms with van der Waals surface area (Å²) >= 11 is 1.46. The number of amides is 1. The largest absolute Gasteiger partial charge is 0.497 e. The average Bonchev–Trinajstić information content (AvgIpc) is 3.05. The van der Waals surface area contributed by atoms with Crippen molar-refractivity contribution in [2.45, 2.75) is 38.7 Å². The number of esters is 1. The molecular formula is C20H23NO5S. The van der Waals surface area contributed by atoms with Gasteiger partial charge in [0, 0.05) is 10.9 Å². The Morgan fingerprint density at radius 2 is 1.89 bits per heavy atom. The zero-order valence-electron chi connectivity index (χ0n) is 15.7. The second kappa shape index (κ2) is 8.43. The van der Waals surface area contributed by atoms with Crippen LogP contribution in [0.15, 0.2) is 24.3 Å². The van der Waals surface area contributed by atoms with Crippen LogP contribution in [-0.4, -0.2) is 32.2 Å². The highest BCUT2D eigenvalue weighted by molar-refractivity contribution is 7.17. The Bertz CT molecular complexity index is 845. The smallest absolute Gasteiger partial charge is 0.341 e. The summed E-state index contributed by atoms with van der Waals surface area (Å²) in [6, 6.07) is 7.07. The molecule has 1 aliphatic carbocycles. The van der Waals surface area contributed by atoms with E-state index in [-0.39, 0.29) is 5.91 Å². The summed E-state index contributed by atoms with van der Waals surface area (Å²) in [6.07, 6.45) is 3.16. The minimum Gasteiger partial charge on any atom is -0.497 e. The SMILES string of the molecule is COC(=O)c1c(NC(=O)[C@H](C)Oc2cccc(OC)c2)sc2c1CCCC2. The molecule has 1 aromatic heterocycles. The maximum Gasteiger partial charge on any atom is 0.341 e. The van der Waals surface area contributed by atoms with Crippen molar-refractivity contribution in [3.8, 4) is 11.5 Å². The summed E-state index contributed by atoms with van der Waals surface area (Å²) in [5, 5.41) is 3.40. The van der Waals surface area contributed by atoms with E-state index in [2.05, 4.69) is 5.32 Å². The second-order valence-corrected chi connectivity index (χ2v) is 7.44. The number of thiophene rings is 1. The fraction of sp³-hybridized carbons (Fsp3) is 0.400. The van der Waals surface area contributed by atoms with Crippen molar-refractivity contribution >= 4 is 28.2 Å². The molecule has 0 saturated carbocycles. The van der Waals surface area contributed by atoms with Gasteiger partial charge in [-0.3, -0.25) is 4.79 Å². The van der Waals surface area contributed by atoms with Crippen molar-refractivity contribution < 1.29 is 23.8 Å². The number of rotatable bonds is 6. The Kier molecular flexibility index (Phi) is 6.01. The van der Waals surface area contributed by atoms with E-state index in [4.69, 9.17) is 14.2 Å². The molecule has 3 rings (SSSR count). The van der Waals surface area contributed by atoms with Gasteiger partial charge >= 0.3 is 5.97 Å². The molecule has 27 heavy (non-hydrogen) atoms. The Morgan fingerprint density at radius 3 is 2.63 bits per heavy atom. The number of benzene rings is 1. The number of hydrogen-bond donors (Lipinski definition) is 1. The number of aryl methyl sites for hydroxylation is 1. The van der Waals surface area contributed by atoms with E-state index in [9.17, 15) is 9.59 Å². The van der Waals surface area contributed by atoms with Crippen molar-refractivity contribution in [2.75, 3.05) is 19.5 Å². The van der Waals surface area contributed by atoms with E-state index in [0.717, 1.165) is 36.1 Å². The molecule has 0 spiro atoms. The summed E-state index contributed by atoms with van der Waals surface area (Å²) in [4.78, 5) is 26.1. The van der Waals surface area contributed by atoms with E-state index >= 15 is 0 Å². The van der Waals surface area contributed by atoms with E-state index in [1.807, 2.05) is 0 Å². The minimum atomic E-state index is -0.735. The molecule has 1 heterocycles. The highest BCUT2D eigenvalue weighted by atomic mass is 32.1. The number of hydrogen-bond acceptors (Lipinski definition) is 6. The summed E-state index contributed by atoms with van der Waals surface area (Å²) in [5.74, 6) is 0.460. The standard InChI is InChI=1S/C20H23NO5S/c1-12(26-14-8-6-7-13(11-14)24-2)18(22)21-19-17(20(23)25-3)15-9-4-5-10-16(15)27-19/h6-8,11-12H,4-5,9-10H2,1-3H3,(H,21,22)/t12-/m0/s1. The van der Waals surface area contributed by atoms with Crippen molar-refractivity contribution in [3.05, 3.63) is 40.3 Å². The first-order valence-electron chi connectivity index (χ1n) is 8.88. The Balaban J connectivity index is 1.76. The first-order chi connectivity index (χ1) is 13.0. The van der Waals surface area contributed by atoms with Crippen molar-refractivity contribution in [1.29, 1.82) is 0 Å². The number of methoxy groups -OCH3 is 2. The maximum atomic E-state index is 12.6. The Labute approximate surface area is 162 Å². The molecule has 1 atom stereocenters. The van der Waals surface area contributed by atoms with Crippen LogP contribution in [-0.2, 0) is 22.4 Å². The molecular weight excluding hydrogens is 366 g/mol. The molecule has 1 aromatic carbocycles. The summed E-state index contributed by atoms with van der Waals surface area (Å²) in [5.41, 5.74) is 1.49. The topological polar surface area (TPSA) is 73.9 Å². The van der Waals surface area contributed by atoms with Crippen molar-refractivity contribution in [3.63, 3.8) is 0 Å². The third-order valence-corrected chi connectivity index (χ3v) is 5.73. The predicted octanol–water partition coefficient (Wildman–Crippen LogP) is 3.83.